The molecular formula is C29H50O2. The van der Waals surface area contributed by atoms with Gasteiger partial charge >= 0.3 is 0 Å². The van der Waals surface area contributed by atoms with Gasteiger partial charge in [0.2, 0.25) is 0 Å². The summed E-state index contributed by atoms with van der Waals surface area (Å²) in [5.41, 5.74) is 0.590. The van der Waals surface area contributed by atoms with Crippen molar-refractivity contribution in [2.75, 3.05) is 0 Å². The smallest absolute Gasteiger partial charge is 0.0622 e. The molecule has 10 atom stereocenters. The van der Waals surface area contributed by atoms with E-state index in [1.54, 1.807) is 0 Å². The van der Waals surface area contributed by atoms with Crippen LogP contribution >= 0.6 is 0 Å². The molecule has 0 aromatic rings. The average Bonchev–Trinajstić information content (AvgIpc) is 3.02. The van der Waals surface area contributed by atoms with E-state index in [2.05, 4.69) is 27.7 Å². The van der Waals surface area contributed by atoms with E-state index in [1.807, 2.05) is 0 Å². The summed E-state index contributed by atoms with van der Waals surface area (Å²) in [5, 5.41) is 21.3. The fourth-order valence-corrected chi connectivity index (χ4v) is 10.1. The normalized spacial score (nSPS) is 51.9. The van der Waals surface area contributed by atoms with Gasteiger partial charge in [0.1, 0.15) is 0 Å². The molecule has 2 N–H and O–H groups in total. The molecule has 2 heteroatoms. The standard InChI is InChI=1S/C29H50O2/c1-19(8-13-26(30)20-6-5-7-20)23-11-12-24-22-10-9-21-18-27(2,31)16-17-28(21,3)25(22)14-15-29(23,24)4/h19-26,30-31H,5-18H2,1-4H3/t19-,21+,22+,23-,24+,25+,26?,27+,28+,29-/m1/s1. The first-order chi connectivity index (χ1) is 14.6. The zero-order valence-electron chi connectivity index (χ0n) is 20.9. The van der Waals surface area contributed by atoms with Gasteiger partial charge in [-0.3, -0.25) is 0 Å². The Hall–Kier alpha value is -0.0800. The SMILES string of the molecule is C[C@H](CCC(O)C1CCC1)[C@H]1CC[C@H]2[C@@H]3CC[C@H]4C[C@@](C)(O)CC[C@]4(C)[C@H]3CC[C@]12C. The zero-order valence-corrected chi connectivity index (χ0v) is 20.9. The second-order valence-corrected chi connectivity index (χ2v) is 13.9. The maximum atomic E-state index is 10.7. The van der Waals surface area contributed by atoms with E-state index in [0.29, 0.717) is 16.7 Å². The van der Waals surface area contributed by atoms with Gasteiger partial charge in [-0.15, -0.1) is 0 Å². The zero-order chi connectivity index (χ0) is 22.0. The van der Waals surface area contributed by atoms with E-state index in [9.17, 15) is 10.2 Å². The first-order valence-corrected chi connectivity index (χ1v) is 14.0. The Bertz CT molecular complexity index is 653. The molecule has 0 saturated heterocycles. The summed E-state index contributed by atoms with van der Waals surface area (Å²) in [6.07, 6.45) is 17.9. The highest BCUT2D eigenvalue weighted by atomic mass is 16.3. The lowest BCUT2D eigenvalue weighted by Gasteiger charge is -2.62. The summed E-state index contributed by atoms with van der Waals surface area (Å²) >= 11 is 0. The highest BCUT2D eigenvalue weighted by molar-refractivity contribution is 5.10. The van der Waals surface area contributed by atoms with Crippen molar-refractivity contribution >= 4 is 0 Å². The minimum Gasteiger partial charge on any atom is -0.393 e. The molecule has 0 aromatic carbocycles. The number of rotatable bonds is 5. The van der Waals surface area contributed by atoms with Crippen molar-refractivity contribution in [3.8, 4) is 0 Å². The van der Waals surface area contributed by atoms with E-state index < -0.39 is 5.60 Å². The number of fused-ring (bicyclic) bond motifs is 5. The highest BCUT2D eigenvalue weighted by Crippen LogP contribution is 2.68. The Morgan fingerprint density at radius 3 is 2.26 bits per heavy atom. The summed E-state index contributed by atoms with van der Waals surface area (Å²) in [7, 11) is 0. The quantitative estimate of drug-likeness (QED) is 0.494. The predicted molar refractivity (Wildman–Crippen MR) is 128 cm³/mol. The average molecular weight is 431 g/mol. The molecule has 178 valence electrons. The van der Waals surface area contributed by atoms with Crippen molar-refractivity contribution in [2.24, 2.45) is 52.3 Å². The lowest BCUT2D eigenvalue weighted by molar-refractivity contribution is -0.148. The molecule has 5 aliphatic carbocycles. The van der Waals surface area contributed by atoms with E-state index in [0.717, 1.165) is 54.8 Å². The molecule has 0 aliphatic heterocycles. The maximum Gasteiger partial charge on any atom is 0.0622 e. The molecule has 0 bridgehead atoms. The van der Waals surface area contributed by atoms with Crippen LogP contribution in [0.1, 0.15) is 118 Å². The van der Waals surface area contributed by atoms with E-state index in [1.165, 1.54) is 70.6 Å². The van der Waals surface area contributed by atoms with E-state index >= 15 is 0 Å². The van der Waals surface area contributed by atoms with Gasteiger partial charge < -0.3 is 10.2 Å². The fourth-order valence-electron chi connectivity index (χ4n) is 10.1. The predicted octanol–water partition coefficient (Wildman–Crippen LogP) is 6.97. The third-order valence-corrected chi connectivity index (χ3v) is 12.3. The summed E-state index contributed by atoms with van der Waals surface area (Å²) in [6.45, 7) is 9.88. The van der Waals surface area contributed by atoms with Crippen LogP contribution < -0.4 is 0 Å². The molecule has 5 fully saturated rings. The van der Waals surface area contributed by atoms with Gasteiger partial charge in [-0.25, -0.2) is 0 Å². The van der Waals surface area contributed by atoms with Crippen molar-refractivity contribution in [3.05, 3.63) is 0 Å². The van der Waals surface area contributed by atoms with Gasteiger partial charge in [-0.2, -0.15) is 0 Å². The van der Waals surface area contributed by atoms with Crippen LogP contribution in [0.25, 0.3) is 0 Å². The van der Waals surface area contributed by atoms with Gasteiger partial charge in [-0.05, 0) is 143 Å². The fraction of sp³-hybridized carbons (Fsp3) is 1.00. The molecule has 0 spiro atoms. The van der Waals surface area contributed by atoms with Crippen LogP contribution in [0.15, 0.2) is 0 Å². The molecule has 0 heterocycles. The van der Waals surface area contributed by atoms with Gasteiger partial charge in [-0.1, -0.05) is 27.2 Å². The van der Waals surface area contributed by atoms with E-state index in [4.69, 9.17) is 0 Å². The number of aliphatic hydroxyl groups is 2. The van der Waals surface area contributed by atoms with Crippen molar-refractivity contribution in [3.63, 3.8) is 0 Å². The lowest BCUT2D eigenvalue weighted by atomic mass is 9.43. The third kappa shape index (κ3) is 3.74. The minimum absolute atomic E-state index is 0.0318. The summed E-state index contributed by atoms with van der Waals surface area (Å²) in [6, 6.07) is 0. The first-order valence-electron chi connectivity index (χ1n) is 14.0. The number of aliphatic hydroxyl groups excluding tert-OH is 1. The highest BCUT2D eigenvalue weighted by Gasteiger charge is 2.61. The van der Waals surface area contributed by atoms with Crippen LogP contribution in [0.2, 0.25) is 0 Å². The van der Waals surface area contributed by atoms with Crippen LogP contribution in [-0.4, -0.2) is 21.9 Å². The minimum atomic E-state index is -0.419. The largest absolute Gasteiger partial charge is 0.393 e. The van der Waals surface area contributed by atoms with Gasteiger partial charge in [0.05, 0.1) is 11.7 Å². The number of hydrogen-bond acceptors (Lipinski definition) is 2. The Morgan fingerprint density at radius 2 is 1.55 bits per heavy atom. The van der Waals surface area contributed by atoms with E-state index in [-0.39, 0.29) is 6.10 Å². The maximum absolute atomic E-state index is 10.7. The molecule has 31 heavy (non-hydrogen) atoms. The van der Waals surface area contributed by atoms with Gasteiger partial charge in [0, 0.05) is 0 Å². The molecule has 0 radical (unpaired) electrons. The monoisotopic (exact) mass is 430 g/mol. The van der Waals surface area contributed by atoms with Gasteiger partial charge in [0.25, 0.3) is 0 Å². The van der Waals surface area contributed by atoms with Crippen LogP contribution in [0.3, 0.4) is 0 Å². The van der Waals surface area contributed by atoms with Crippen LogP contribution in [0.4, 0.5) is 0 Å². The molecule has 5 aliphatic rings. The van der Waals surface area contributed by atoms with Gasteiger partial charge in [0.15, 0.2) is 0 Å². The van der Waals surface area contributed by atoms with Crippen molar-refractivity contribution in [1.29, 1.82) is 0 Å². The second-order valence-electron chi connectivity index (χ2n) is 13.9. The van der Waals surface area contributed by atoms with Crippen molar-refractivity contribution in [1.82, 2.24) is 0 Å². The summed E-state index contributed by atoms with van der Waals surface area (Å²) in [4.78, 5) is 0. The first kappa shape index (κ1) is 22.7. The molecule has 5 saturated carbocycles. The molecule has 1 unspecified atom stereocenters. The van der Waals surface area contributed by atoms with Crippen LogP contribution in [0, 0.1) is 52.3 Å². The topological polar surface area (TPSA) is 40.5 Å². The Balaban J connectivity index is 1.26. The van der Waals surface area contributed by atoms with Crippen LogP contribution in [0.5, 0.6) is 0 Å². The van der Waals surface area contributed by atoms with Crippen LogP contribution in [-0.2, 0) is 0 Å². The third-order valence-electron chi connectivity index (χ3n) is 12.3. The molecule has 2 nitrogen and oxygen atoms in total. The molecule has 0 aromatic heterocycles. The molecule has 0 amide bonds. The Labute approximate surface area is 192 Å². The Kier molecular flexibility index (Phi) is 5.86. The van der Waals surface area contributed by atoms with Crippen molar-refractivity contribution in [2.45, 2.75) is 129 Å². The molecule has 5 rings (SSSR count). The Morgan fingerprint density at radius 1 is 0.806 bits per heavy atom. The summed E-state index contributed by atoms with van der Waals surface area (Å²) in [5.74, 6) is 5.74. The molecular weight excluding hydrogens is 380 g/mol. The number of hydrogen-bond donors (Lipinski definition) is 2. The van der Waals surface area contributed by atoms with Crippen molar-refractivity contribution < 1.29 is 10.2 Å². The second kappa shape index (κ2) is 8.00. The lowest BCUT2D eigenvalue weighted by Crippen LogP contribution is -2.55. The summed E-state index contributed by atoms with van der Waals surface area (Å²) < 4.78 is 0.